The van der Waals surface area contributed by atoms with Crippen molar-refractivity contribution in [3.63, 3.8) is 0 Å². The smallest absolute Gasteiger partial charge is 0.0650 e. The average molecular weight is 227 g/mol. The third kappa shape index (κ3) is 2.39. The summed E-state index contributed by atoms with van der Waals surface area (Å²) in [6.45, 7) is 3.56. The Hall–Kier alpha value is -1.61. The van der Waals surface area contributed by atoms with Crippen LogP contribution in [-0.2, 0) is 6.54 Å². The minimum absolute atomic E-state index is 1.07. The number of H-pyrrole nitrogens is 1. The zero-order valence-electron chi connectivity index (χ0n) is 9.89. The second-order valence-corrected chi connectivity index (χ2v) is 4.65. The van der Waals surface area contributed by atoms with Crippen LogP contribution in [0.4, 0.5) is 0 Å². The third-order valence-electron chi connectivity index (χ3n) is 3.34. The van der Waals surface area contributed by atoms with Gasteiger partial charge in [0.05, 0.1) is 5.69 Å². The van der Waals surface area contributed by atoms with Gasteiger partial charge in [0.2, 0.25) is 0 Å². The number of likely N-dealkylation sites (tertiary alicyclic amines) is 1. The highest BCUT2D eigenvalue weighted by molar-refractivity contribution is 5.59. The number of aromatic nitrogens is 2. The Morgan fingerprint density at radius 2 is 2.06 bits per heavy atom. The Balaban J connectivity index is 1.79. The van der Waals surface area contributed by atoms with Crippen LogP contribution in [-0.4, -0.2) is 28.2 Å². The van der Waals surface area contributed by atoms with Gasteiger partial charge in [0.25, 0.3) is 0 Å². The molecule has 88 valence electrons. The van der Waals surface area contributed by atoms with Gasteiger partial charge in [-0.25, -0.2) is 0 Å². The largest absolute Gasteiger partial charge is 0.299 e. The fraction of sp³-hybridized carbons (Fsp3) is 0.357. The molecule has 1 saturated heterocycles. The first-order chi connectivity index (χ1) is 8.42. The van der Waals surface area contributed by atoms with Gasteiger partial charge in [-0.1, -0.05) is 18.2 Å². The van der Waals surface area contributed by atoms with E-state index >= 15 is 0 Å². The van der Waals surface area contributed by atoms with E-state index in [0.29, 0.717) is 0 Å². The van der Waals surface area contributed by atoms with E-state index in [1.807, 2.05) is 6.07 Å². The Bertz CT molecular complexity index is 470. The van der Waals surface area contributed by atoms with Crippen LogP contribution in [0.3, 0.4) is 0 Å². The van der Waals surface area contributed by atoms with Gasteiger partial charge in [0.15, 0.2) is 0 Å². The molecule has 17 heavy (non-hydrogen) atoms. The van der Waals surface area contributed by atoms with E-state index in [0.717, 1.165) is 12.2 Å². The van der Waals surface area contributed by atoms with Crippen LogP contribution in [0.1, 0.15) is 18.4 Å². The molecule has 3 nitrogen and oxygen atoms in total. The summed E-state index contributed by atoms with van der Waals surface area (Å²) in [5.41, 5.74) is 3.70. The second-order valence-electron chi connectivity index (χ2n) is 4.65. The van der Waals surface area contributed by atoms with Crippen LogP contribution in [0.25, 0.3) is 11.3 Å². The van der Waals surface area contributed by atoms with Crippen molar-refractivity contribution in [1.29, 1.82) is 0 Å². The third-order valence-corrected chi connectivity index (χ3v) is 3.34. The van der Waals surface area contributed by atoms with Crippen LogP contribution < -0.4 is 0 Å². The van der Waals surface area contributed by atoms with Crippen molar-refractivity contribution in [2.24, 2.45) is 0 Å². The SMILES string of the molecule is c1cc(CN2CCCC2)cc(-c2ccn[nH]2)c1. The van der Waals surface area contributed by atoms with Crippen LogP contribution in [0.15, 0.2) is 36.5 Å². The molecule has 0 aliphatic carbocycles. The molecule has 1 aliphatic rings. The zero-order valence-corrected chi connectivity index (χ0v) is 9.89. The molecule has 1 aromatic carbocycles. The number of hydrogen-bond donors (Lipinski definition) is 1. The summed E-state index contributed by atoms with van der Waals surface area (Å²) in [5, 5.41) is 7.01. The number of aromatic amines is 1. The van der Waals surface area contributed by atoms with Gasteiger partial charge in [-0.15, -0.1) is 0 Å². The van der Waals surface area contributed by atoms with Gasteiger partial charge in [0, 0.05) is 12.7 Å². The van der Waals surface area contributed by atoms with Crippen molar-refractivity contribution in [2.75, 3.05) is 13.1 Å². The van der Waals surface area contributed by atoms with Crippen LogP contribution >= 0.6 is 0 Å². The Morgan fingerprint density at radius 1 is 1.18 bits per heavy atom. The molecule has 3 heteroatoms. The van der Waals surface area contributed by atoms with E-state index < -0.39 is 0 Å². The maximum absolute atomic E-state index is 4.00. The van der Waals surface area contributed by atoms with Crippen molar-refractivity contribution in [3.05, 3.63) is 42.1 Å². The number of nitrogens with zero attached hydrogens (tertiary/aromatic N) is 2. The normalized spacial score (nSPS) is 16.5. The van der Waals surface area contributed by atoms with Gasteiger partial charge in [-0.05, 0) is 49.2 Å². The molecular formula is C14H17N3. The molecule has 2 aromatic rings. The van der Waals surface area contributed by atoms with Crippen molar-refractivity contribution < 1.29 is 0 Å². The first kappa shape index (κ1) is 10.5. The maximum atomic E-state index is 4.00. The molecule has 1 fully saturated rings. The lowest BCUT2D eigenvalue weighted by atomic mass is 10.1. The Morgan fingerprint density at radius 3 is 2.82 bits per heavy atom. The van der Waals surface area contributed by atoms with Crippen molar-refractivity contribution in [1.82, 2.24) is 15.1 Å². The van der Waals surface area contributed by atoms with E-state index in [-0.39, 0.29) is 0 Å². The van der Waals surface area contributed by atoms with Gasteiger partial charge >= 0.3 is 0 Å². The molecule has 0 radical (unpaired) electrons. The molecule has 0 atom stereocenters. The zero-order chi connectivity index (χ0) is 11.5. The summed E-state index contributed by atoms with van der Waals surface area (Å²) in [6.07, 6.45) is 4.49. The summed E-state index contributed by atoms with van der Waals surface area (Å²) in [5.74, 6) is 0. The lowest BCUT2D eigenvalue weighted by molar-refractivity contribution is 0.331. The quantitative estimate of drug-likeness (QED) is 0.874. The van der Waals surface area contributed by atoms with E-state index in [9.17, 15) is 0 Å². The van der Waals surface area contributed by atoms with Gasteiger partial charge in [-0.2, -0.15) is 5.10 Å². The van der Waals surface area contributed by atoms with Crippen molar-refractivity contribution in [3.8, 4) is 11.3 Å². The predicted molar refractivity (Wildman–Crippen MR) is 68.5 cm³/mol. The van der Waals surface area contributed by atoms with E-state index in [1.54, 1.807) is 6.20 Å². The highest BCUT2D eigenvalue weighted by Crippen LogP contribution is 2.19. The topological polar surface area (TPSA) is 31.9 Å². The lowest BCUT2D eigenvalue weighted by Gasteiger charge is -2.14. The fourth-order valence-corrected chi connectivity index (χ4v) is 2.45. The predicted octanol–water partition coefficient (Wildman–Crippen LogP) is 2.67. The van der Waals surface area contributed by atoms with E-state index in [1.165, 1.54) is 37.1 Å². The molecule has 0 spiro atoms. The number of nitrogens with one attached hydrogen (secondary N) is 1. The average Bonchev–Trinajstić information content (AvgIpc) is 3.01. The van der Waals surface area contributed by atoms with Crippen LogP contribution in [0, 0.1) is 0 Å². The summed E-state index contributed by atoms with van der Waals surface area (Å²) < 4.78 is 0. The number of hydrogen-bond acceptors (Lipinski definition) is 2. The van der Waals surface area contributed by atoms with Gasteiger partial charge in [0.1, 0.15) is 0 Å². The lowest BCUT2D eigenvalue weighted by Crippen LogP contribution is -2.18. The summed E-state index contributed by atoms with van der Waals surface area (Å²) in [6, 6.07) is 10.7. The van der Waals surface area contributed by atoms with Crippen LogP contribution in [0.2, 0.25) is 0 Å². The van der Waals surface area contributed by atoms with Crippen LogP contribution in [0.5, 0.6) is 0 Å². The molecule has 1 N–H and O–H groups in total. The molecule has 3 rings (SSSR count). The monoisotopic (exact) mass is 227 g/mol. The minimum atomic E-state index is 1.07. The van der Waals surface area contributed by atoms with Gasteiger partial charge < -0.3 is 0 Å². The Kier molecular flexibility index (Phi) is 2.92. The molecule has 0 saturated carbocycles. The first-order valence-corrected chi connectivity index (χ1v) is 6.23. The molecule has 1 aliphatic heterocycles. The minimum Gasteiger partial charge on any atom is -0.299 e. The molecule has 0 bridgehead atoms. The van der Waals surface area contributed by atoms with E-state index in [4.69, 9.17) is 0 Å². The van der Waals surface area contributed by atoms with Crippen molar-refractivity contribution in [2.45, 2.75) is 19.4 Å². The molecular weight excluding hydrogens is 210 g/mol. The number of benzene rings is 1. The first-order valence-electron chi connectivity index (χ1n) is 6.23. The van der Waals surface area contributed by atoms with Gasteiger partial charge in [-0.3, -0.25) is 10.00 Å². The molecule has 0 unspecified atom stereocenters. The summed E-state index contributed by atoms with van der Waals surface area (Å²) >= 11 is 0. The maximum Gasteiger partial charge on any atom is 0.0650 e. The Labute approximate surface area is 101 Å². The second kappa shape index (κ2) is 4.72. The fourth-order valence-electron chi connectivity index (χ4n) is 2.45. The van der Waals surface area contributed by atoms with Crippen molar-refractivity contribution >= 4 is 0 Å². The highest BCUT2D eigenvalue weighted by atomic mass is 15.1. The molecule has 2 heterocycles. The summed E-state index contributed by atoms with van der Waals surface area (Å²) in [7, 11) is 0. The highest BCUT2D eigenvalue weighted by Gasteiger charge is 2.11. The summed E-state index contributed by atoms with van der Waals surface area (Å²) in [4.78, 5) is 2.52. The number of rotatable bonds is 3. The molecule has 0 amide bonds. The standard InChI is InChI=1S/C14H17N3/c1-2-9-17(8-1)11-12-4-3-5-13(10-12)14-6-7-15-16-14/h3-7,10H,1-2,8-9,11H2,(H,15,16). The molecule has 1 aromatic heterocycles. The van der Waals surface area contributed by atoms with E-state index in [2.05, 4.69) is 39.4 Å².